The molecule has 0 saturated heterocycles. The monoisotopic (exact) mass is 336 g/mol. The quantitative estimate of drug-likeness (QED) is 0.389. The van der Waals surface area contributed by atoms with Crippen LogP contribution in [0.25, 0.3) is 0 Å². The van der Waals surface area contributed by atoms with Crippen molar-refractivity contribution >= 4 is 0 Å². The lowest BCUT2D eigenvalue weighted by molar-refractivity contribution is 0.467. The summed E-state index contributed by atoms with van der Waals surface area (Å²) in [4.78, 5) is 0. The van der Waals surface area contributed by atoms with E-state index in [-0.39, 0.29) is 5.41 Å². The first-order valence-electron chi connectivity index (χ1n) is 10.2. The first-order chi connectivity index (χ1) is 12.1. The molecule has 0 unspecified atom stereocenters. The van der Waals surface area contributed by atoms with Gasteiger partial charge in [0.2, 0.25) is 0 Å². The second-order valence-electron chi connectivity index (χ2n) is 7.83. The summed E-state index contributed by atoms with van der Waals surface area (Å²) in [5, 5.41) is 0. The minimum absolute atomic E-state index is 0.111. The molecular formula is C25H36. The summed E-state index contributed by atoms with van der Waals surface area (Å²) in [6.45, 7) is 9.26. The predicted octanol–water partition coefficient (Wildman–Crippen LogP) is 7.75. The van der Waals surface area contributed by atoms with Crippen LogP contribution in [0.2, 0.25) is 0 Å². The fourth-order valence-electron chi connectivity index (χ4n) is 4.23. The van der Waals surface area contributed by atoms with Crippen LogP contribution < -0.4 is 0 Å². The summed E-state index contributed by atoms with van der Waals surface area (Å²) in [5.74, 6) is 0. The van der Waals surface area contributed by atoms with Gasteiger partial charge in [0.15, 0.2) is 0 Å². The van der Waals surface area contributed by atoms with Gasteiger partial charge in [0.25, 0.3) is 0 Å². The summed E-state index contributed by atoms with van der Waals surface area (Å²) < 4.78 is 0. The van der Waals surface area contributed by atoms with Crippen LogP contribution in [-0.4, -0.2) is 0 Å². The Hall–Kier alpha value is -1.56. The van der Waals surface area contributed by atoms with Crippen LogP contribution in [0.1, 0.15) is 87.5 Å². The first-order valence-corrected chi connectivity index (χ1v) is 10.2. The summed E-state index contributed by atoms with van der Waals surface area (Å²) in [6.07, 6.45) is 10.8. The molecule has 0 spiro atoms. The highest BCUT2D eigenvalue weighted by molar-refractivity contribution is 5.45. The lowest BCUT2D eigenvalue weighted by Crippen LogP contribution is -2.26. The van der Waals surface area contributed by atoms with Gasteiger partial charge in [0, 0.05) is 5.41 Å². The molecule has 2 aromatic rings. The molecule has 0 aliphatic heterocycles. The minimum atomic E-state index is 0.111. The lowest BCUT2D eigenvalue weighted by Gasteiger charge is -2.34. The van der Waals surface area contributed by atoms with Crippen molar-refractivity contribution in [3.8, 4) is 0 Å². The van der Waals surface area contributed by atoms with Crippen LogP contribution in [0, 0.1) is 13.8 Å². The van der Waals surface area contributed by atoms with E-state index in [1.807, 2.05) is 0 Å². The third-order valence-electron chi connectivity index (χ3n) is 5.76. The van der Waals surface area contributed by atoms with Crippen molar-refractivity contribution in [2.24, 2.45) is 0 Å². The number of benzene rings is 2. The molecule has 0 nitrogen and oxygen atoms in total. The molecule has 0 heteroatoms. The van der Waals surface area contributed by atoms with Crippen LogP contribution in [0.15, 0.2) is 48.5 Å². The fraction of sp³-hybridized carbons (Fsp3) is 0.520. The van der Waals surface area contributed by atoms with Gasteiger partial charge in [-0.2, -0.15) is 0 Å². The molecule has 0 atom stereocenters. The number of rotatable bonds is 10. The zero-order chi connectivity index (χ0) is 18.1. The second kappa shape index (κ2) is 9.80. The van der Waals surface area contributed by atoms with Crippen LogP contribution in [0.4, 0.5) is 0 Å². The normalized spacial score (nSPS) is 11.7. The van der Waals surface area contributed by atoms with E-state index >= 15 is 0 Å². The van der Waals surface area contributed by atoms with Crippen LogP contribution in [0.5, 0.6) is 0 Å². The lowest BCUT2D eigenvalue weighted by atomic mass is 9.70. The second-order valence-corrected chi connectivity index (χ2v) is 7.83. The van der Waals surface area contributed by atoms with Gasteiger partial charge in [0.05, 0.1) is 0 Å². The zero-order valence-electron chi connectivity index (χ0n) is 16.8. The minimum Gasteiger partial charge on any atom is -0.0654 e. The van der Waals surface area contributed by atoms with Gasteiger partial charge in [-0.05, 0) is 42.5 Å². The molecule has 0 radical (unpaired) electrons. The Labute approximate surface area is 155 Å². The Bertz CT molecular complexity index is 592. The van der Waals surface area contributed by atoms with Crippen molar-refractivity contribution in [3.05, 3.63) is 70.8 Å². The third-order valence-corrected chi connectivity index (χ3v) is 5.76. The van der Waals surface area contributed by atoms with Gasteiger partial charge in [-0.25, -0.2) is 0 Å². The summed E-state index contributed by atoms with van der Waals surface area (Å²) in [7, 11) is 0. The van der Waals surface area contributed by atoms with E-state index in [1.165, 1.54) is 73.6 Å². The Kier molecular flexibility index (Phi) is 7.75. The molecule has 0 bridgehead atoms. The third kappa shape index (κ3) is 5.21. The highest BCUT2D eigenvalue weighted by atomic mass is 14.3. The van der Waals surface area contributed by atoms with Gasteiger partial charge < -0.3 is 0 Å². The van der Waals surface area contributed by atoms with E-state index in [0.717, 1.165) is 0 Å². The summed E-state index contributed by atoms with van der Waals surface area (Å²) >= 11 is 0. The maximum absolute atomic E-state index is 2.45. The number of aryl methyl sites for hydroxylation is 2. The zero-order valence-corrected chi connectivity index (χ0v) is 16.8. The van der Waals surface area contributed by atoms with E-state index in [1.54, 1.807) is 0 Å². The highest BCUT2D eigenvalue weighted by Gasteiger charge is 2.30. The van der Waals surface area contributed by atoms with Crippen LogP contribution in [-0.2, 0) is 5.41 Å². The number of unbranched alkanes of at least 4 members (excludes halogenated alkanes) is 6. The standard InChI is InChI=1S/C25H36/c1-5-6-7-8-9-10-15-20-25(4,23-18-13-11-16-21(23)2)24-19-14-12-17-22(24)3/h11-14,16-19H,5-10,15,20H2,1-4H3. The topological polar surface area (TPSA) is 0 Å². The Morgan fingerprint density at radius 3 is 1.56 bits per heavy atom. The molecule has 25 heavy (non-hydrogen) atoms. The molecule has 0 fully saturated rings. The van der Waals surface area contributed by atoms with Gasteiger partial charge in [-0.3, -0.25) is 0 Å². The van der Waals surface area contributed by atoms with E-state index in [9.17, 15) is 0 Å². The van der Waals surface area contributed by atoms with Crippen molar-refractivity contribution in [3.63, 3.8) is 0 Å². The molecule has 136 valence electrons. The number of hydrogen-bond acceptors (Lipinski definition) is 0. The SMILES string of the molecule is CCCCCCCCCC(C)(c1ccccc1C)c1ccccc1C. The molecule has 2 rings (SSSR count). The molecule has 0 aromatic heterocycles. The van der Waals surface area contributed by atoms with Crippen molar-refractivity contribution in [1.29, 1.82) is 0 Å². The Morgan fingerprint density at radius 1 is 0.640 bits per heavy atom. The molecule has 0 saturated carbocycles. The molecule has 0 amide bonds. The Morgan fingerprint density at radius 2 is 1.08 bits per heavy atom. The average Bonchev–Trinajstić information content (AvgIpc) is 2.61. The van der Waals surface area contributed by atoms with Crippen molar-refractivity contribution in [2.45, 2.75) is 84.5 Å². The first kappa shape index (κ1) is 19.8. The predicted molar refractivity (Wildman–Crippen MR) is 111 cm³/mol. The molecule has 0 N–H and O–H groups in total. The van der Waals surface area contributed by atoms with E-state index in [0.29, 0.717) is 0 Å². The van der Waals surface area contributed by atoms with Crippen LogP contribution in [0.3, 0.4) is 0 Å². The van der Waals surface area contributed by atoms with Crippen molar-refractivity contribution < 1.29 is 0 Å². The van der Waals surface area contributed by atoms with Crippen LogP contribution >= 0.6 is 0 Å². The molecule has 0 aliphatic carbocycles. The van der Waals surface area contributed by atoms with Crippen molar-refractivity contribution in [1.82, 2.24) is 0 Å². The fourth-order valence-corrected chi connectivity index (χ4v) is 4.23. The van der Waals surface area contributed by atoms with Crippen molar-refractivity contribution in [2.75, 3.05) is 0 Å². The van der Waals surface area contributed by atoms with E-state index in [4.69, 9.17) is 0 Å². The average molecular weight is 337 g/mol. The Balaban J connectivity index is 2.14. The number of hydrogen-bond donors (Lipinski definition) is 0. The molecule has 0 aliphatic rings. The van der Waals surface area contributed by atoms with Gasteiger partial charge in [-0.1, -0.05) is 107 Å². The largest absolute Gasteiger partial charge is 0.0654 e. The van der Waals surface area contributed by atoms with Gasteiger partial charge in [0.1, 0.15) is 0 Å². The molecule has 0 heterocycles. The summed E-state index contributed by atoms with van der Waals surface area (Å²) in [6, 6.07) is 17.9. The summed E-state index contributed by atoms with van der Waals surface area (Å²) in [5.41, 5.74) is 5.93. The van der Waals surface area contributed by atoms with E-state index in [2.05, 4.69) is 76.2 Å². The maximum Gasteiger partial charge on any atom is 0.0180 e. The van der Waals surface area contributed by atoms with Gasteiger partial charge in [-0.15, -0.1) is 0 Å². The van der Waals surface area contributed by atoms with Gasteiger partial charge >= 0.3 is 0 Å². The molecular weight excluding hydrogens is 300 g/mol. The smallest absolute Gasteiger partial charge is 0.0180 e. The maximum atomic E-state index is 2.45. The molecule has 2 aromatic carbocycles. The highest BCUT2D eigenvalue weighted by Crippen LogP contribution is 2.40. The van der Waals surface area contributed by atoms with E-state index < -0.39 is 0 Å².